The number of nitrogens with zero attached hydrogens (tertiary/aromatic N) is 4. The van der Waals surface area contributed by atoms with Crippen molar-refractivity contribution in [3.63, 3.8) is 0 Å². The number of hydrogen-bond donors (Lipinski definition) is 1. The summed E-state index contributed by atoms with van der Waals surface area (Å²) in [6, 6.07) is 8.24. The molecule has 1 aromatic carbocycles. The van der Waals surface area contributed by atoms with Crippen molar-refractivity contribution in [2.45, 2.75) is 44.1 Å². The van der Waals surface area contributed by atoms with E-state index < -0.39 is 10.0 Å². The first-order chi connectivity index (χ1) is 15.0. The number of sulfonamides is 1. The van der Waals surface area contributed by atoms with Crippen LogP contribution in [0.25, 0.3) is 22.3 Å². The summed E-state index contributed by atoms with van der Waals surface area (Å²) >= 11 is 0. The monoisotopic (exact) mass is 439 g/mol. The molecule has 31 heavy (non-hydrogen) atoms. The van der Waals surface area contributed by atoms with Crippen molar-refractivity contribution in [2.75, 3.05) is 24.7 Å². The van der Waals surface area contributed by atoms with Crippen LogP contribution >= 0.6 is 0 Å². The lowest BCUT2D eigenvalue weighted by Gasteiger charge is -2.35. The van der Waals surface area contributed by atoms with Crippen LogP contribution in [0.3, 0.4) is 0 Å². The number of aromatic amines is 1. The highest BCUT2D eigenvalue weighted by molar-refractivity contribution is 7.90. The highest BCUT2D eigenvalue weighted by Crippen LogP contribution is 2.39. The summed E-state index contributed by atoms with van der Waals surface area (Å²) in [5.41, 5.74) is 3.71. The highest BCUT2D eigenvalue weighted by atomic mass is 32.2. The number of para-hydroxylation sites is 1. The zero-order chi connectivity index (χ0) is 21.2. The Hall–Kier alpha value is -2.49. The van der Waals surface area contributed by atoms with Crippen molar-refractivity contribution >= 4 is 26.7 Å². The van der Waals surface area contributed by atoms with Crippen LogP contribution in [0.2, 0.25) is 0 Å². The first-order valence-corrected chi connectivity index (χ1v) is 12.3. The van der Waals surface area contributed by atoms with E-state index in [1.807, 2.05) is 24.4 Å². The van der Waals surface area contributed by atoms with E-state index in [0.29, 0.717) is 32.1 Å². The lowest BCUT2D eigenvalue weighted by molar-refractivity contribution is 0.0984. The number of rotatable bonds is 4. The normalized spacial score (nSPS) is 22.2. The van der Waals surface area contributed by atoms with Crippen LogP contribution in [0, 0.1) is 0 Å². The third-order valence-electron chi connectivity index (χ3n) is 6.51. The quantitative estimate of drug-likeness (QED) is 0.672. The molecule has 1 aliphatic carbocycles. The van der Waals surface area contributed by atoms with Crippen LogP contribution < -0.4 is 4.90 Å². The average molecular weight is 440 g/mol. The Morgan fingerprint density at radius 1 is 1.16 bits per heavy atom. The van der Waals surface area contributed by atoms with Crippen LogP contribution in [0.15, 0.2) is 30.5 Å². The summed E-state index contributed by atoms with van der Waals surface area (Å²) < 4.78 is 33.1. The summed E-state index contributed by atoms with van der Waals surface area (Å²) in [5.74, 6) is 1.48. The van der Waals surface area contributed by atoms with E-state index in [4.69, 9.17) is 14.7 Å². The van der Waals surface area contributed by atoms with Crippen LogP contribution in [-0.2, 0) is 27.8 Å². The summed E-state index contributed by atoms with van der Waals surface area (Å²) in [5, 5.41) is 0.831. The topological polar surface area (TPSA) is 91.4 Å². The molecule has 1 unspecified atom stereocenters. The Labute approximate surface area is 181 Å². The molecule has 0 bridgehead atoms. The number of morpholine rings is 1. The van der Waals surface area contributed by atoms with Crippen molar-refractivity contribution in [2.24, 2.45) is 0 Å². The number of ether oxygens (including phenoxy) is 1. The fourth-order valence-corrected chi connectivity index (χ4v) is 6.39. The number of anilines is 1. The molecule has 2 aromatic heterocycles. The standard InChI is InChI=1S/C22H25N5O3S/c1-14-13-30-9-8-27(14)22-18-11-26(31(28,29)15-6-7-15)12-20(18)24-21(25-22)17-10-23-19-5-3-2-4-16(17)19/h2-5,10,14-15,23H,6-9,11-13H2,1H3. The lowest BCUT2D eigenvalue weighted by Crippen LogP contribution is -2.44. The van der Waals surface area contributed by atoms with Gasteiger partial charge >= 0.3 is 0 Å². The molecule has 3 aliphatic rings. The van der Waals surface area contributed by atoms with E-state index >= 15 is 0 Å². The second kappa shape index (κ2) is 7.01. The van der Waals surface area contributed by atoms with Gasteiger partial charge in [0.25, 0.3) is 0 Å². The van der Waals surface area contributed by atoms with Gasteiger partial charge in [-0.2, -0.15) is 4.31 Å². The van der Waals surface area contributed by atoms with Gasteiger partial charge in [0, 0.05) is 41.3 Å². The van der Waals surface area contributed by atoms with Gasteiger partial charge in [0.1, 0.15) is 5.82 Å². The molecule has 0 spiro atoms. The Kier molecular flexibility index (Phi) is 4.35. The fourth-order valence-electron chi connectivity index (χ4n) is 4.62. The van der Waals surface area contributed by atoms with Gasteiger partial charge in [-0.05, 0) is 25.8 Å². The zero-order valence-electron chi connectivity index (χ0n) is 17.4. The molecule has 0 amide bonds. The van der Waals surface area contributed by atoms with Gasteiger partial charge in [-0.3, -0.25) is 0 Å². The maximum Gasteiger partial charge on any atom is 0.217 e. The van der Waals surface area contributed by atoms with Gasteiger partial charge in [-0.25, -0.2) is 18.4 Å². The number of aromatic nitrogens is 3. The van der Waals surface area contributed by atoms with E-state index in [0.717, 1.165) is 52.9 Å². The van der Waals surface area contributed by atoms with Crippen molar-refractivity contribution in [1.82, 2.24) is 19.3 Å². The number of nitrogens with one attached hydrogen (secondary N) is 1. The molecular formula is C22H25N5O3S. The van der Waals surface area contributed by atoms with Gasteiger partial charge in [0.2, 0.25) is 10.0 Å². The molecule has 9 heteroatoms. The minimum Gasteiger partial charge on any atom is -0.377 e. The second-order valence-electron chi connectivity index (χ2n) is 8.67. The molecule has 2 fully saturated rings. The number of hydrogen-bond acceptors (Lipinski definition) is 6. The minimum absolute atomic E-state index is 0.164. The predicted octanol–water partition coefficient (Wildman–Crippen LogP) is 2.66. The molecule has 4 heterocycles. The lowest BCUT2D eigenvalue weighted by atomic mass is 10.1. The van der Waals surface area contributed by atoms with E-state index in [9.17, 15) is 8.42 Å². The van der Waals surface area contributed by atoms with Crippen molar-refractivity contribution in [1.29, 1.82) is 0 Å². The summed E-state index contributed by atoms with van der Waals surface area (Å²) in [7, 11) is -3.28. The number of fused-ring (bicyclic) bond motifs is 2. The van der Waals surface area contributed by atoms with Crippen LogP contribution in [0.1, 0.15) is 31.0 Å². The second-order valence-corrected chi connectivity index (χ2v) is 10.9. The molecule has 8 nitrogen and oxygen atoms in total. The van der Waals surface area contributed by atoms with Crippen molar-refractivity contribution in [3.8, 4) is 11.4 Å². The van der Waals surface area contributed by atoms with Crippen molar-refractivity contribution in [3.05, 3.63) is 41.7 Å². The largest absolute Gasteiger partial charge is 0.377 e. The average Bonchev–Trinajstić information content (AvgIpc) is 3.41. The van der Waals surface area contributed by atoms with Crippen molar-refractivity contribution < 1.29 is 13.2 Å². The van der Waals surface area contributed by atoms with Crippen LogP contribution in [0.5, 0.6) is 0 Å². The number of benzene rings is 1. The fraction of sp³-hybridized carbons (Fsp3) is 0.455. The van der Waals surface area contributed by atoms with E-state index in [2.05, 4.69) is 22.9 Å². The van der Waals surface area contributed by atoms with Gasteiger partial charge in [-0.15, -0.1) is 0 Å². The van der Waals surface area contributed by atoms with E-state index in [1.165, 1.54) is 0 Å². The molecule has 2 aliphatic heterocycles. The minimum atomic E-state index is -3.28. The number of H-pyrrole nitrogens is 1. The van der Waals surface area contributed by atoms with E-state index in [1.54, 1.807) is 4.31 Å². The summed E-state index contributed by atoms with van der Waals surface area (Å²) in [6.07, 6.45) is 3.45. The van der Waals surface area contributed by atoms with Gasteiger partial charge in [0.05, 0.1) is 36.7 Å². The molecule has 1 saturated heterocycles. The maximum atomic E-state index is 12.9. The molecule has 1 saturated carbocycles. The summed E-state index contributed by atoms with van der Waals surface area (Å²) in [4.78, 5) is 15.4. The Morgan fingerprint density at radius 2 is 2.00 bits per heavy atom. The first kappa shape index (κ1) is 19.2. The van der Waals surface area contributed by atoms with E-state index in [-0.39, 0.29) is 11.3 Å². The van der Waals surface area contributed by atoms with Gasteiger partial charge < -0.3 is 14.6 Å². The van der Waals surface area contributed by atoms with Crippen LogP contribution in [0.4, 0.5) is 5.82 Å². The first-order valence-electron chi connectivity index (χ1n) is 10.8. The molecule has 3 aromatic rings. The molecular weight excluding hydrogens is 414 g/mol. The molecule has 162 valence electrons. The molecule has 1 atom stereocenters. The summed E-state index contributed by atoms with van der Waals surface area (Å²) in [6.45, 7) is 4.78. The molecule has 0 radical (unpaired) electrons. The Bertz CT molecular complexity index is 1270. The third-order valence-corrected chi connectivity index (χ3v) is 8.80. The highest BCUT2D eigenvalue weighted by Gasteiger charge is 2.43. The zero-order valence-corrected chi connectivity index (χ0v) is 18.2. The predicted molar refractivity (Wildman–Crippen MR) is 118 cm³/mol. The molecule has 6 rings (SSSR count). The molecule has 1 N–H and O–H groups in total. The smallest absolute Gasteiger partial charge is 0.217 e. The van der Waals surface area contributed by atoms with Crippen LogP contribution in [-0.4, -0.2) is 58.7 Å². The SMILES string of the molecule is CC1COCCN1c1nc(-c2c[nH]c3ccccc23)nc2c1CN(S(=O)(=O)C1CC1)C2. The van der Waals surface area contributed by atoms with Gasteiger partial charge in [-0.1, -0.05) is 18.2 Å². The Balaban J connectivity index is 1.48. The maximum absolute atomic E-state index is 12.9. The third kappa shape index (κ3) is 3.14. The Morgan fingerprint density at radius 3 is 2.81 bits per heavy atom. The van der Waals surface area contributed by atoms with Gasteiger partial charge in [0.15, 0.2) is 5.82 Å².